The molecule has 0 unspecified atom stereocenters. The van der Waals surface area contributed by atoms with Crippen molar-refractivity contribution >= 4 is 64.4 Å². The predicted molar refractivity (Wildman–Crippen MR) is 120 cm³/mol. The third-order valence-corrected chi connectivity index (χ3v) is 5.17. The number of nitrogens with two attached hydrogens (primary N) is 1. The van der Waals surface area contributed by atoms with Gasteiger partial charge < -0.3 is 11.2 Å². The second-order valence-electron chi connectivity index (χ2n) is 5.86. The molecule has 2 aromatic carbocycles. The summed E-state index contributed by atoms with van der Waals surface area (Å²) in [5.41, 5.74) is 3.44. The SMILES string of the molecule is Nn1c(N/N=C/c2cccc([N+](=O)[O-])c2)nnc1SCC(=O)Nc1cc(Cl)ccc1Cl. The quantitative estimate of drug-likeness (QED) is 0.146. The van der Waals surface area contributed by atoms with Gasteiger partial charge in [-0.25, -0.2) is 10.1 Å². The number of hydrazone groups is 1. The molecule has 0 saturated carbocycles. The number of anilines is 2. The average molecular weight is 481 g/mol. The number of nitro groups is 1. The Labute approximate surface area is 189 Å². The first kappa shape index (κ1) is 22.3. The summed E-state index contributed by atoms with van der Waals surface area (Å²) in [4.78, 5) is 22.5. The monoisotopic (exact) mass is 480 g/mol. The first-order valence-corrected chi connectivity index (χ1v) is 10.2. The van der Waals surface area contributed by atoms with Crippen LogP contribution < -0.4 is 16.6 Å². The number of amides is 1. The van der Waals surface area contributed by atoms with Crippen LogP contribution in [0.25, 0.3) is 0 Å². The number of halogens is 2. The number of nitro benzene ring substituents is 1. The van der Waals surface area contributed by atoms with Gasteiger partial charge in [-0.05, 0) is 18.2 Å². The van der Waals surface area contributed by atoms with Crippen LogP contribution >= 0.6 is 35.0 Å². The first-order chi connectivity index (χ1) is 14.8. The number of rotatable bonds is 8. The number of carbonyl (C=O) groups excluding carboxylic acids is 1. The second-order valence-corrected chi connectivity index (χ2v) is 7.65. The third kappa shape index (κ3) is 6.07. The number of thioether (sulfide) groups is 1. The largest absolute Gasteiger partial charge is 0.334 e. The number of non-ortho nitro benzene ring substituents is 1. The lowest BCUT2D eigenvalue weighted by atomic mass is 10.2. The fraction of sp³-hybridized carbons (Fsp3) is 0.0588. The molecule has 0 aliphatic rings. The molecule has 3 aromatic rings. The Morgan fingerprint density at radius 2 is 2.10 bits per heavy atom. The van der Waals surface area contributed by atoms with Crippen molar-refractivity contribution in [3.8, 4) is 0 Å². The fourth-order valence-corrected chi connectivity index (χ4v) is 3.24. The van der Waals surface area contributed by atoms with Crippen molar-refractivity contribution in [2.24, 2.45) is 5.10 Å². The summed E-state index contributed by atoms with van der Waals surface area (Å²) in [6, 6.07) is 10.7. The van der Waals surface area contributed by atoms with Gasteiger partial charge in [-0.1, -0.05) is 47.1 Å². The van der Waals surface area contributed by atoms with E-state index in [1.54, 1.807) is 30.3 Å². The Morgan fingerprint density at radius 1 is 1.29 bits per heavy atom. The number of benzene rings is 2. The predicted octanol–water partition coefficient (Wildman–Crippen LogP) is 3.38. The van der Waals surface area contributed by atoms with Gasteiger partial charge in [0, 0.05) is 22.7 Å². The number of nitrogens with zero attached hydrogens (tertiary/aromatic N) is 5. The zero-order valence-corrected chi connectivity index (χ0v) is 17.9. The molecule has 0 spiro atoms. The van der Waals surface area contributed by atoms with Gasteiger partial charge in [0.05, 0.1) is 27.6 Å². The van der Waals surface area contributed by atoms with Gasteiger partial charge in [-0.3, -0.25) is 14.9 Å². The van der Waals surface area contributed by atoms with Crippen molar-refractivity contribution in [1.82, 2.24) is 14.9 Å². The van der Waals surface area contributed by atoms with Crippen LogP contribution in [0, 0.1) is 10.1 Å². The summed E-state index contributed by atoms with van der Waals surface area (Å²) >= 11 is 13.0. The molecular weight excluding hydrogens is 467 g/mol. The molecule has 0 radical (unpaired) electrons. The molecule has 0 aliphatic carbocycles. The maximum atomic E-state index is 12.2. The Morgan fingerprint density at radius 3 is 2.87 bits per heavy atom. The fourth-order valence-electron chi connectivity index (χ4n) is 2.24. The highest BCUT2D eigenvalue weighted by Gasteiger charge is 2.13. The number of carbonyl (C=O) groups is 1. The lowest BCUT2D eigenvalue weighted by Gasteiger charge is -2.07. The first-order valence-electron chi connectivity index (χ1n) is 8.45. The van der Waals surface area contributed by atoms with Gasteiger partial charge >= 0.3 is 0 Å². The number of aromatic nitrogens is 3. The van der Waals surface area contributed by atoms with Crippen molar-refractivity contribution in [2.75, 3.05) is 22.3 Å². The van der Waals surface area contributed by atoms with Crippen LogP contribution in [0.1, 0.15) is 5.56 Å². The van der Waals surface area contributed by atoms with E-state index < -0.39 is 4.92 Å². The van der Waals surface area contributed by atoms with E-state index in [1.807, 2.05) is 0 Å². The highest BCUT2D eigenvalue weighted by Crippen LogP contribution is 2.26. The van der Waals surface area contributed by atoms with Gasteiger partial charge in [-0.15, -0.1) is 10.2 Å². The number of nitrogen functional groups attached to an aromatic ring is 1. The number of nitrogens with one attached hydrogen (secondary N) is 2. The van der Waals surface area contributed by atoms with Crippen molar-refractivity contribution in [2.45, 2.75) is 5.16 Å². The van der Waals surface area contributed by atoms with Gasteiger partial charge in [0.15, 0.2) is 0 Å². The van der Waals surface area contributed by atoms with E-state index in [4.69, 9.17) is 29.0 Å². The topological polar surface area (TPSA) is 153 Å². The molecule has 4 N–H and O–H groups in total. The highest BCUT2D eigenvalue weighted by molar-refractivity contribution is 7.99. The molecule has 11 nitrogen and oxygen atoms in total. The van der Waals surface area contributed by atoms with Gasteiger partial charge in [0.1, 0.15) is 0 Å². The summed E-state index contributed by atoms with van der Waals surface area (Å²) in [5, 5.41) is 26.2. The zero-order chi connectivity index (χ0) is 22.4. The lowest BCUT2D eigenvalue weighted by molar-refractivity contribution is -0.384. The van der Waals surface area contributed by atoms with E-state index in [0.717, 1.165) is 16.4 Å². The van der Waals surface area contributed by atoms with E-state index in [2.05, 4.69) is 26.0 Å². The minimum atomic E-state index is -0.499. The third-order valence-electron chi connectivity index (χ3n) is 3.66. The molecule has 0 fully saturated rings. The molecule has 1 heterocycles. The average Bonchev–Trinajstić information content (AvgIpc) is 3.09. The van der Waals surface area contributed by atoms with E-state index in [-0.39, 0.29) is 28.5 Å². The number of hydrogen-bond acceptors (Lipinski definition) is 9. The molecule has 160 valence electrons. The van der Waals surface area contributed by atoms with Crippen LogP contribution in [0.15, 0.2) is 52.7 Å². The van der Waals surface area contributed by atoms with E-state index >= 15 is 0 Å². The van der Waals surface area contributed by atoms with Crippen LogP contribution in [0.5, 0.6) is 0 Å². The molecule has 0 aliphatic heterocycles. The lowest BCUT2D eigenvalue weighted by Crippen LogP contribution is -2.17. The molecule has 14 heteroatoms. The molecule has 1 aromatic heterocycles. The molecule has 0 saturated heterocycles. The van der Waals surface area contributed by atoms with Crippen molar-refractivity contribution in [3.05, 3.63) is 68.2 Å². The van der Waals surface area contributed by atoms with Gasteiger partial charge in [0.2, 0.25) is 11.1 Å². The second kappa shape index (κ2) is 10.1. The normalized spacial score (nSPS) is 10.9. The summed E-state index contributed by atoms with van der Waals surface area (Å²) in [7, 11) is 0. The summed E-state index contributed by atoms with van der Waals surface area (Å²) in [6.07, 6.45) is 1.37. The zero-order valence-electron chi connectivity index (χ0n) is 15.5. The molecule has 0 bridgehead atoms. The van der Waals surface area contributed by atoms with Crippen molar-refractivity contribution in [3.63, 3.8) is 0 Å². The van der Waals surface area contributed by atoms with Crippen LogP contribution in [0.3, 0.4) is 0 Å². The standard InChI is InChI=1S/C17H14Cl2N8O3S/c18-11-4-5-13(19)14(7-11)22-15(28)9-31-17-25-24-16(26(17)20)23-21-8-10-2-1-3-12(6-10)27(29)30/h1-8H,9,20H2,(H,22,28)(H,23,24)/b21-8+. The highest BCUT2D eigenvalue weighted by atomic mass is 35.5. The molecule has 1 amide bonds. The van der Waals surface area contributed by atoms with Crippen molar-refractivity contribution < 1.29 is 9.72 Å². The van der Waals surface area contributed by atoms with E-state index in [0.29, 0.717) is 21.3 Å². The Balaban J connectivity index is 1.56. The van der Waals surface area contributed by atoms with Gasteiger partial charge in [0.25, 0.3) is 11.6 Å². The smallest absolute Gasteiger partial charge is 0.270 e. The van der Waals surface area contributed by atoms with Crippen LogP contribution in [0.2, 0.25) is 10.0 Å². The van der Waals surface area contributed by atoms with E-state index in [1.165, 1.54) is 18.3 Å². The maximum absolute atomic E-state index is 12.2. The Kier molecular flexibility index (Phi) is 7.28. The minimum Gasteiger partial charge on any atom is -0.334 e. The minimum absolute atomic E-state index is 0.00484. The van der Waals surface area contributed by atoms with Crippen LogP contribution in [0.4, 0.5) is 17.3 Å². The Hall–Kier alpha value is -3.35. The summed E-state index contributed by atoms with van der Waals surface area (Å²) in [6.45, 7) is 0. The van der Waals surface area contributed by atoms with E-state index in [9.17, 15) is 14.9 Å². The molecule has 3 rings (SSSR count). The Bertz CT molecular complexity index is 1150. The maximum Gasteiger partial charge on any atom is 0.270 e. The van der Waals surface area contributed by atoms with Crippen LogP contribution in [-0.4, -0.2) is 37.7 Å². The molecule has 0 atom stereocenters. The summed E-state index contributed by atoms with van der Waals surface area (Å²) in [5.74, 6) is 5.68. The number of hydrogen-bond donors (Lipinski definition) is 3. The molecular formula is C17H14Cl2N8O3S. The summed E-state index contributed by atoms with van der Waals surface area (Å²) < 4.78 is 1.12. The molecule has 31 heavy (non-hydrogen) atoms. The van der Waals surface area contributed by atoms with Crippen LogP contribution in [-0.2, 0) is 4.79 Å². The van der Waals surface area contributed by atoms with Crippen molar-refractivity contribution in [1.29, 1.82) is 0 Å². The van der Waals surface area contributed by atoms with Gasteiger partial charge in [-0.2, -0.15) is 5.10 Å².